The van der Waals surface area contributed by atoms with Crippen molar-refractivity contribution in [1.29, 1.82) is 0 Å². The molecule has 98 valence electrons. The van der Waals surface area contributed by atoms with Crippen LogP contribution in [0, 0.1) is 5.92 Å². The first kappa shape index (κ1) is 13.3. The van der Waals surface area contributed by atoms with Gasteiger partial charge in [-0.1, -0.05) is 0 Å². The van der Waals surface area contributed by atoms with Crippen molar-refractivity contribution in [2.75, 3.05) is 24.5 Å². The summed E-state index contributed by atoms with van der Waals surface area (Å²) in [5.74, 6) is 1.60. The first-order valence-electron chi connectivity index (χ1n) is 6.12. The maximum Gasteiger partial charge on any atom is 0.216 e. The van der Waals surface area contributed by atoms with Gasteiger partial charge in [-0.3, -0.25) is 4.79 Å². The second kappa shape index (κ2) is 6.13. The number of halogens is 1. The fourth-order valence-electron chi connectivity index (χ4n) is 2.15. The smallest absolute Gasteiger partial charge is 0.216 e. The SMILES string of the molecule is CC(=O)NCC1CCN(c2cc(Br)ncn2)CC1. The van der Waals surface area contributed by atoms with E-state index < -0.39 is 0 Å². The Bertz CT molecular complexity index is 418. The van der Waals surface area contributed by atoms with Crippen molar-refractivity contribution in [3.8, 4) is 0 Å². The minimum atomic E-state index is 0.0529. The Kier molecular flexibility index (Phi) is 4.52. The predicted octanol–water partition coefficient (Wildman–Crippen LogP) is 1.59. The van der Waals surface area contributed by atoms with E-state index in [9.17, 15) is 4.79 Å². The van der Waals surface area contributed by atoms with Gasteiger partial charge in [0.2, 0.25) is 5.91 Å². The fourth-order valence-corrected chi connectivity index (χ4v) is 2.45. The highest BCUT2D eigenvalue weighted by Crippen LogP contribution is 2.22. The molecule has 1 amide bonds. The molecule has 0 aromatic carbocycles. The van der Waals surface area contributed by atoms with Gasteiger partial charge in [-0.05, 0) is 34.7 Å². The van der Waals surface area contributed by atoms with Crippen molar-refractivity contribution >= 4 is 27.7 Å². The number of hydrogen-bond donors (Lipinski definition) is 1. The van der Waals surface area contributed by atoms with Gasteiger partial charge in [0, 0.05) is 32.6 Å². The Morgan fingerprint density at radius 2 is 2.22 bits per heavy atom. The predicted molar refractivity (Wildman–Crippen MR) is 73.4 cm³/mol. The molecule has 0 unspecified atom stereocenters. The third-order valence-electron chi connectivity index (χ3n) is 3.20. The first-order chi connectivity index (χ1) is 8.65. The summed E-state index contributed by atoms with van der Waals surface area (Å²) in [6.45, 7) is 4.31. The molecule has 18 heavy (non-hydrogen) atoms. The number of carbonyl (C=O) groups is 1. The lowest BCUT2D eigenvalue weighted by Gasteiger charge is -2.32. The molecule has 1 N–H and O–H groups in total. The van der Waals surface area contributed by atoms with Crippen molar-refractivity contribution in [1.82, 2.24) is 15.3 Å². The fraction of sp³-hybridized carbons (Fsp3) is 0.583. The zero-order valence-corrected chi connectivity index (χ0v) is 12.0. The van der Waals surface area contributed by atoms with Gasteiger partial charge < -0.3 is 10.2 Å². The minimum Gasteiger partial charge on any atom is -0.356 e. The number of rotatable bonds is 3. The van der Waals surface area contributed by atoms with Crippen LogP contribution < -0.4 is 10.2 Å². The zero-order valence-electron chi connectivity index (χ0n) is 10.4. The van der Waals surface area contributed by atoms with Crippen molar-refractivity contribution in [3.63, 3.8) is 0 Å². The monoisotopic (exact) mass is 312 g/mol. The highest BCUT2D eigenvalue weighted by Gasteiger charge is 2.20. The van der Waals surface area contributed by atoms with Crippen LogP contribution >= 0.6 is 15.9 Å². The van der Waals surface area contributed by atoms with Crippen LogP contribution in [0.15, 0.2) is 17.0 Å². The third kappa shape index (κ3) is 3.66. The van der Waals surface area contributed by atoms with Crippen molar-refractivity contribution in [3.05, 3.63) is 17.0 Å². The molecule has 0 aliphatic carbocycles. The topological polar surface area (TPSA) is 58.1 Å². The molecular weight excluding hydrogens is 296 g/mol. The molecule has 1 saturated heterocycles. The Morgan fingerprint density at radius 1 is 1.50 bits per heavy atom. The molecule has 0 spiro atoms. The van der Waals surface area contributed by atoms with Crippen LogP contribution in [0.5, 0.6) is 0 Å². The summed E-state index contributed by atoms with van der Waals surface area (Å²) in [5, 5.41) is 2.89. The van der Waals surface area contributed by atoms with Crippen LogP contribution in [0.1, 0.15) is 19.8 Å². The van der Waals surface area contributed by atoms with Gasteiger partial charge in [-0.2, -0.15) is 0 Å². The molecule has 0 saturated carbocycles. The second-order valence-electron chi connectivity index (χ2n) is 4.57. The summed E-state index contributed by atoms with van der Waals surface area (Å²) in [7, 11) is 0. The van der Waals surface area contributed by atoms with Crippen LogP contribution in [0.2, 0.25) is 0 Å². The molecule has 5 nitrogen and oxygen atoms in total. The molecule has 1 aliphatic heterocycles. The van der Waals surface area contributed by atoms with Gasteiger partial charge in [-0.15, -0.1) is 0 Å². The van der Waals surface area contributed by atoms with Gasteiger partial charge >= 0.3 is 0 Å². The normalized spacial score (nSPS) is 16.7. The van der Waals surface area contributed by atoms with E-state index in [4.69, 9.17) is 0 Å². The number of hydrogen-bond acceptors (Lipinski definition) is 4. The van der Waals surface area contributed by atoms with Gasteiger partial charge in [0.25, 0.3) is 0 Å². The number of nitrogens with zero attached hydrogens (tertiary/aromatic N) is 3. The summed E-state index contributed by atoms with van der Waals surface area (Å²) >= 11 is 3.36. The van der Waals surface area contributed by atoms with E-state index in [1.807, 2.05) is 6.07 Å². The maximum atomic E-state index is 10.9. The molecular formula is C12H17BrN4O. The van der Waals surface area contributed by atoms with Gasteiger partial charge in [0.1, 0.15) is 16.7 Å². The van der Waals surface area contributed by atoms with Crippen molar-refractivity contribution in [2.24, 2.45) is 5.92 Å². The quantitative estimate of drug-likeness (QED) is 0.861. The Morgan fingerprint density at radius 3 is 2.83 bits per heavy atom. The summed E-state index contributed by atoms with van der Waals surface area (Å²) in [5.41, 5.74) is 0. The summed E-state index contributed by atoms with van der Waals surface area (Å²) in [6.07, 6.45) is 3.74. The van der Waals surface area contributed by atoms with E-state index in [-0.39, 0.29) is 5.91 Å². The van der Waals surface area contributed by atoms with Gasteiger partial charge in [0.05, 0.1) is 0 Å². The van der Waals surface area contributed by atoms with Crippen LogP contribution in [-0.4, -0.2) is 35.5 Å². The lowest BCUT2D eigenvalue weighted by atomic mass is 9.97. The maximum absolute atomic E-state index is 10.9. The number of carbonyl (C=O) groups excluding carboxylic acids is 1. The summed E-state index contributed by atoms with van der Waals surface area (Å²) < 4.78 is 0.813. The van der Waals surface area contributed by atoms with Crippen molar-refractivity contribution < 1.29 is 4.79 Å². The zero-order chi connectivity index (χ0) is 13.0. The lowest BCUT2D eigenvalue weighted by molar-refractivity contribution is -0.119. The number of nitrogens with one attached hydrogen (secondary N) is 1. The molecule has 6 heteroatoms. The Hall–Kier alpha value is -1.17. The van der Waals surface area contributed by atoms with E-state index >= 15 is 0 Å². The summed E-state index contributed by atoms with van der Waals surface area (Å²) in [6, 6.07) is 1.94. The second-order valence-corrected chi connectivity index (χ2v) is 5.38. The van der Waals surface area contributed by atoms with Crippen LogP contribution in [-0.2, 0) is 4.79 Å². The molecule has 1 aliphatic rings. The molecule has 0 bridgehead atoms. The van der Waals surface area contributed by atoms with Crippen LogP contribution in [0.25, 0.3) is 0 Å². The summed E-state index contributed by atoms with van der Waals surface area (Å²) in [4.78, 5) is 21.4. The van der Waals surface area contributed by atoms with E-state index in [1.165, 1.54) is 0 Å². The average Bonchev–Trinajstić information content (AvgIpc) is 2.37. The number of piperidine rings is 1. The number of aromatic nitrogens is 2. The molecule has 2 heterocycles. The van der Waals surface area contributed by atoms with E-state index in [1.54, 1.807) is 13.3 Å². The largest absolute Gasteiger partial charge is 0.356 e. The van der Waals surface area contributed by atoms with Gasteiger partial charge in [0.15, 0.2) is 0 Å². The number of anilines is 1. The average molecular weight is 313 g/mol. The van der Waals surface area contributed by atoms with E-state index in [0.29, 0.717) is 5.92 Å². The lowest BCUT2D eigenvalue weighted by Crippen LogP contribution is -2.38. The van der Waals surface area contributed by atoms with Crippen molar-refractivity contribution in [2.45, 2.75) is 19.8 Å². The number of amides is 1. The third-order valence-corrected chi connectivity index (χ3v) is 3.63. The van der Waals surface area contributed by atoms with Crippen LogP contribution in [0.4, 0.5) is 5.82 Å². The van der Waals surface area contributed by atoms with Gasteiger partial charge in [-0.25, -0.2) is 9.97 Å². The van der Waals surface area contributed by atoms with E-state index in [2.05, 4.69) is 36.1 Å². The highest BCUT2D eigenvalue weighted by atomic mass is 79.9. The Labute approximate surface area is 115 Å². The molecule has 1 fully saturated rings. The molecule has 0 radical (unpaired) electrons. The first-order valence-corrected chi connectivity index (χ1v) is 6.91. The van der Waals surface area contributed by atoms with E-state index in [0.717, 1.165) is 42.9 Å². The minimum absolute atomic E-state index is 0.0529. The molecule has 1 aromatic heterocycles. The molecule has 0 atom stereocenters. The van der Waals surface area contributed by atoms with Crippen LogP contribution in [0.3, 0.4) is 0 Å². The highest BCUT2D eigenvalue weighted by molar-refractivity contribution is 9.10. The Balaban J connectivity index is 1.85. The standard InChI is InChI=1S/C12H17BrN4O/c1-9(18)14-7-10-2-4-17(5-3-10)12-6-11(13)15-8-16-12/h6,8,10H,2-5,7H2,1H3,(H,14,18). The molecule has 1 aromatic rings. The molecule has 2 rings (SSSR count).